The van der Waals surface area contributed by atoms with E-state index in [2.05, 4.69) is 142 Å². The third-order valence-electron chi connectivity index (χ3n) is 7.78. The van der Waals surface area contributed by atoms with Gasteiger partial charge in [0.1, 0.15) is 0 Å². The van der Waals surface area contributed by atoms with Gasteiger partial charge in [-0.25, -0.2) is 0 Å². The van der Waals surface area contributed by atoms with Gasteiger partial charge in [0.25, 0.3) is 0 Å². The van der Waals surface area contributed by atoms with Crippen LogP contribution in [-0.4, -0.2) is 32.3 Å². The van der Waals surface area contributed by atoms with Crippen LogP contribution in [0.4, 0.5) is 22.7 Å². The van der Waals surface area contributed by atoms with Gasteiger partial charge in [0.05, 0.1) is 24.7 Å². The normalized spacial score (nSPS) is 15.2. The summed E-state index contributed by atoms with van der Waals surface area (Å²) in [7, 11) is 4.31. The van der Waals surface area contributed by atoms with E-state index < -0.39 is 0 Å². The summed E-state index contributed by atoms with van der Waals surface area (Å²) in [6.07, 6.45) is 4.35. The Bertz CT molecular complexity index is 1290. The summed E-state index contributed by atoms with van der Waals surface area (Å²) < 4.78 is 0. The Morgan fingerprint density at radius 1 is 0.649 bits per heavy atom. The van der Waals surface area contributed by atoms with Crippen molar-refractivity contribution in [3.8, 4) is 11.1 Å². The molecule has 0 saturated heterocycles. The highest BCUT2D eigenvalue weighted by Crippen LogP contribution is 2.45. The van der Waals surface area contributed by atoms with E-state index in [9.17, 15) is 0 Å². The van der Waals surface area contributed by atoms with Gasteiger partial charge >= 0.3 is 0 Å². The molecule has 3 aromatic carbocycles. The Morgan fingerprint density at radius 2 is 1.27 bits per heavy atom. The van der Waals surface area contributed by atoms with E-state index in [1.165, 1.54) is 50.6 Å². The SMILES string of the molecule is CC(C)c1cc(C(C)C)c(-c2cc(N3C=CN(C)C3)cc(N3CN(C)c4ccccc43)c2)c(C(C)C)c1. The molecule has 0 bridgehead atoms. The molecule has 0 aliphatic carbocycles. The lowest BCUT2D eigenvalue weighted by Gasteiger charge is -2.27. The average Bonchev–Trinajstić information content (AvgIpc) is 3.46. The van der Waals surface area contributed by atoms with Gasteiger partial charge in [0.2, 0.25) is 0 Å². The van der Waals surface area contributed by atoms with Crippen molar-refractivity contribution in [2.45, 2.75) is 59.3 Å². The standard InChI is InChI=1S/C33H42N4/c1-22(2)25-17-29(23(3)4)33(30(18-25)24(5)6)26-15-27(36-14-13-34(7)20-36)19-28(16-26)37-21-35(8)31-11-9-10-12-32(31)37/h9-19,22-24H,20-21H2,1-8H3. The molecule has 4 heteroatoms. The highest BCUT2D eigenvalue weighted by molar-refractivity contribution is 5.87. The zero-order chi connectivity index (χ0) is 26.4. The van der Waals surface area contributed by atoms with Gasteiger partial charge in [-0.3, -0.25) is 0 Å². The van der Waals surface area contributed by atoms with Crippen LogP contribution in [0.2, 0.25) is 0 Å². The molecule has 0 unspecified atom stereocenters. The number of para-hydroxylation sites is 2. The summed E-state index contributed by atoms with van der Waals surface area (Å²) in [5.41, 5.74) is 12.1. The monoisotopic (exact) mass is 494 g/mol. The Morgan fingerprint density at radius 3 is 1.84 bits per heavy atom. The number of rotatable bonds is 6. The molecular formula is C33H42N4. The van der Waals surface area contributed by atoms with Crippen molar-refractivity contribution in [1.29, 1.82) is 0 Å². The summed E-state index contributed by atoms with van der Waals surface area (Å²) in [6.45, 7) is 15.7. The van der Waals surface area contributed by atoms with Crippen LogP contribution in [0.5, 0.6) is 0 Å². The third kappa shape index (κ3) is 4.70. The molecule has 5 rings (SSSR count). The molecule has 194 valence electrons. The first-order valence-electron chi connectivity index (χ1n) is 13.7. The second-order valence-corrected chi connectivity index (χ2v) is 11.7. The molecule has 0 aromatic heterocycles. The maximum absolute atomic E-state index is 2.46. The van der Waals surface area contributed by atoms with E-state index in [-0.39, 0.29) is 0 Å². The first-order valence-corrected chi connectivity index (χ1v) is 13.7. The zero-order valence-electron chi connectivity index (χ0n) is 23.8. The van der Waals surface area contributed by atoms with Gasteiger partial charge in [-0.2, -0.15) is 0 Å². The molecule has 0 fully saturated rings. The van der Waals surface area contributed by atoms with Gasteiger partial charge in [0, 0.05) is 37.9 Å². The van der Waals surface area contributed by atoms with Crippen LogP contribution in [0.15, 0.2) is 67.0 Å². The molecule has 0 radical (unpaired) electrons. The molecule has 37 heavy (non-hydrogen) atoms. The van der Waals surface area contributed by atoms with Crippen molar-refractivity contribution in [1.82, 2.24) is 4.90 Å². The van der Waals surface area contributed by atoms with Crippen molar-refractivity contribution in [3.63, 3.8) is 0 Å². The van der Waals surface area contributed by atoms with E-state index in [0.29, 0.717) is 17.8 Å². The average molecular weight is 495 g/mol. The third-order valence-corrected chi connectivity index (χ3v) is 7.78. The summed E-state index contributed by atoms with van der Waals surface area (Å²) in [4.78, 5) is 9.37. The molecule has 4 nitrogen and oxygen atoms in total. The fourth-order valence-electron chi connectivity index (χ4n) is 5.65. The van der Waals surface area contributed by atoms with Crippen molar-refractivity contribution >= 4 is 22.7 Å². The molecule has 0 N–H and O–H groups in total. The van der Waals surface area contributed by atoms with Crippen LogP contribution in [0, 0.1) is 0 Å². The Balaban J connectivity index is 1.75. The Labute approximate surface area is 223 Å². The molecule has 0 atom stereocenters. The summed E-state index contributed by atoms with van der Waals surface area (Å²) in [5, 5.41) is 0. The van der Waals surface area contributed by atoms with Crippen molar-refractivity contribution in [3.05, 3.63) is 83.7 Å². The molecule has 2 heterocycles. The van der Waals surface area contributed by atoms with Crippen LogP contribution in [0.3, 0.4) is 0 Å². The van der Waals surface area contributed by atoms with E-state index in [4.69, 9.17) is 0 Å². The fourth-order valence-corrected chi connectivity index (χ4v) is 5.65. The number of anilines is 4. The highest BCUT2D eigenvalue weighted by atomic mass is 15.4. The largest absolute Gasteiger partial charge is 0.361 e. The van der Waals surface area contributed by atoms with Crippen LogP contribution >= 0.6 is 0 Å². The second kappa shape index (κ2) is 9.81. The van der Waals surface area contributed by atoms with Crippen molar-refractivity contribution in [2.75, 3.05) is 42.1 Å². The van der Waals surface area contributed by atoms with Crippen LogP contribution in [0.1, 0.15) is 76.0 Å². The fraction of sp³-hybridized carbons (Fsp3) is 0.394. The van der Waals surface area contributed by atoms with Gasteiger partial charge in [-0.15, -0.1) is 0 Å². The molecule has 0 amide bonds. The highest BCUT2D eigenvalue weighted by Gasteiger charge is 2.27. The number of fused-ring (bicyclic) bond motifs is 1. The predicted molar refractivity (Wildman–Crippen MR) is 160 cm³/mol. The van der Waals surface area contributed by atoms with E-state index in [1.807, 2.05) is 0 Å². The smallest absolute Gasteiger partial charge is 0.0950 e. The zero-order valence-corrected chi connectivity index (χ0v) is 23.8. The first kappa shape index (κ1) is 25.3. The van der Waals surface area contributed by atoms with Crippen molar-refractivity contribution in [2.24, 2.45) is 0 Å². The van der Waals surface area contributed by atoms with E-state index in [0.717, 1.165) is 13.3 Å². The number of hydrogen-bond acceptors (Lipinski definition) is 4. The molecule has 2 aliphatic heterocycles. The van der Waals surface area contributed by atoms with Gasteiger partial charge in [0.15, 0.2) is 0 Å². The van der Waals surface area contributed by atoms with Crippen LogP contribution < -0.4 is 14.7 Å². The van der Waals surface area contributed by atoms with Crippen LogP contribution in [-0.2, 0) is 0 Å². The lowest BCUT2D eigenvalue weighted by Crippen LogP contribution is -2.25. The van der Waals surface area contributed by atoms with Crippen molar-refractivity contribution < 1.29 is 0 Å². The molecule has 0 saturated carbocycles. The maximum atomic E-state index is 2.46. The number of hydrogen-bond donors (Lipinski definition) is 0. The minimum Gasteiger partial charge on any atom is -0.361 e. The molecular weight excluding hydrogens is 452 g/mol. The topological polar surface area (TPSA) is 13.0 Å². The maximum Gasteiger partial charge on any atom is 0.0950 e. The van der Waals surface area contributed by atoms with Gasteiger partial charge < -0.3 is 19.6 Å². The molecule has 0 spiro atoms. The summed E-state index contributed by atoms with van der Waals surface area (Å²) >= 11 is 0. The molecule has 3 aromatic rings. The number of nitrogens with zero attached hydrogens (tertiary/aromatic N) is 4. The van der Waals surface area contributed by atoms with Crippen LogP contribution in [0.25, 0.3) is 11.1 Å². The Kier molecular flexibility index (Phi) is 6.70. The minimum absolute atomic E-state index is 0.440. The first-order chi connectivity index (χ1) is 17.6. The van der Waals surface area contributed by atoms with E-state index >= 15 is 0 Å². The van der Waals surface area contributed by atoms with Gasteiger partial charge in [-0.1, -0.05) is 65.8 Å². The minimum atomic E-state index is 0.440. The predicted octanol–water partition coefficient (Wildman–Crippen LogP) is 8.45. The number of benzene rings is 3. The lowest BCUT2D eigenvalue weighted by atomic mass is 9.81. The summed E-state index contributed by atoms with van der Waals surface area (Å²) in [5.74, 6) is 1.39. The molecule has 2 aliphatic rings. The van der Waals surface area contributed by atoms with Gasteiger partial charge in [-0.05, 0) is 75.9 Å². The second-order valence-electron chi connectivity index (χ2n) is 11.7. The van der Waals surface area contributed by atoms with E-state index in [1.54, 1.807) is 0 Å². The Hall–Kier alpha value is -3.40. The quantitative estimate of drug-likeness (QED) is 0.341. The summed E-state index contributed by atoms with van der Waals surface area (Å²) in [6, 6.07) is 20.8. The lowest BCUT2D eigenvalue weighted by molar-refractivity contribution is 0.496.